The van der Waals surface area contributed by atoms with Crippen molar-refractivity contribution in [2.75, 3.05) is 0 Å². The van der Waals surface area contributed by atoms with Crippen molar-refractivity contribution in [3.63, 3.8) is 0 Å². The van der Waals surface area contributed by atoms with Gasteiger partial charge in [-0.2, -0.15) is 0 Å². The lowest BCUT2D eigenvalue weighted by atomic mass is 10.2. The zero-order valence-electron chi connectivity index (χ0n) is 8.99. The van der Waals surface area contributed by atoms with Crippen molar-refractivity contribution in [3.05, 3.63) is 47.2 Å². The number of carbonyl (C=O) groups is 1. The molecule has 0 amide bonds. The summed E-state index contributed by atoms with van der Waals surface area (Å²) in [4.78, 5) is 11.4. The van der Waals surface area contributed by atoms with Crippen LogP contribution >= 0.6 is 0 Å². The first-order valence-electron chi connectivity index (χ1n) is 4.75. The van der Waals surface area contributed by atoms with Crippen molar-refractivity contribution < 1.29 is 9.53 Å². The van der Waals surface area contributed by atoms with Crippen LogP contribution in [0.1, 0.15) is 19.4 Å². The molecular weight excluding hydrogens is 190 g/mol. The molecule has 0 atom stereocenters. The lowest BCUT2D eigenvalue weighted by Crippen LogP contribution is -2.10. The maximum atomic E-state index is 11.4. The van der Waals surface area contributed by atoms with Gasteiger partial charge < -0.3 is 10.5 Å². The highest BCUT2D eigenvalue weighted by molar-refractivity contribution is 5.88. The van der Waals surface area contributed by atoms with E-state index in [0.717, 1.165) is 5.56 Å². The van der Waals surface area contributed by atoms with Gasteiger partial charge in [0.05, 0.1) is 5.57 Å². The fourth-order valence-corrected chi connectivity index (χ4v) is 0.992. The minimum atomic E-state index is -0.362. The number of hydrogen-bond donors (Lipinski definition) is 1. The maximum absolute atomic E-state index is 11.4. The molecule has 0 heterocycles. The van der Waals surface area contributed by atoms with E-state index in [0.29, 0.717) is 11.3 Å². The smallest absolute Gasteiger partial charge is 0.335 e. The summed E-state index contributed by atoms with van der Waals surface area (Å²) >= 11 is 0. The third-order valence-corrected chi connectivity index (χ3v) is 2.11. The summed E-state index contributed by atoms with van der Waals surface area (Å²) in [5, 5.41) is 0. The van der Waals surface area contributed by atoms with E-state index in [4.69, 9.17) is 10.5 Å². The quantitative estimate of drug-likeness (QED) is 0.606. The van der Waals surface area contributed by atoms with Gasteiger partial charge in [0.1, 0.15) is 6.61 Å². The number of benzene rings is 1. The standard InChI is InChI=1S/C12H15NO2/c1-9(10(2)13)12(14)15-8-11-6-4-3-5-7-11/h3-7H,8,13H2,1-2H3. The summed E-state index contributed by atoms with van der Waals surface area (Å²) in [5.41, 5.74) is 7.41. The molecule has 0 saturated heterocycles. The predicted molar refractivity (Wildman–Crippen MR) is 58.8 cm³/mol. The minimum absolute atomic E-state index is 0.282. The predicted octanol–water partition coefficient (Wildman–Crippen LogP) is 1.98. The van der Waals surface area contributed by atoms with E-state index >= 15 is 0 Å². The molecule has 0 aliphatic heterocycles. The summed E-state index contributed by atoms with van der Waals surface area (Å²) in [6.07, 6.45) is 0. The molecule has 0 aliphatic carbocycles. The van der Waals surface area contributed by atoms with Gasteiger partial charge in [-0.15, -0.1) is 0 Å². The van der Waals surface area contributed by atoms with E-state index in [1.807, 2.05) is 30.3 Å². The first-order valence-corrected chi connectivity index (χ1v) is 4.75. The second-order valence-corrected chi connectivity index (χ2v) is 3.37. The van der Waals surface area contributed by atoms with Crippen LogP contribution in [-0.4, -0.2) is 5.97 Å². The molecule has 80 valence electrons. The first-order chi connectivity index (χ1) is 7.11. The van der Waals surface area contributed by atoms with Gasteiger partial charge in [-0.1, -0.05) is 30.3 Å². The van der Waals surface area contributed by atoms with E-state index in [9.17, 15) is 4.79 Å². The van der Waals surface area contributed by atoms with Crippen LogP contribution in [0.3, 0.4) is 0 Å². The van der Waals surface area contributed by atoms with Gasteiger partial charge in [0.25, 0.3) is 0 Å². The third kappa shape index (κ3) is 3.46. The number of carbonyl (C=O) groups excluding carboxylic acids is 1. The Morgan fingerprint density at radius 1 is 1.27 bits per heavy atom. The minimum Gasteiger partial charge on any atom is -0.457 e. The molecule has 3 heteroatoms. The van der Waals surface area contributed by atoms with Crippen LogP contribution in [0.25, 0.3) is 0 Å². The molecule has 1 rings (SSSR count). The summed E-state index contributed by atoms with van der Waals surface area (Å²) in [5.74, 6) is -0.362. The van der Waals surface area contributed by atoms with Crippen molar-refractivity contribution in [2.45, 2.75) is 20.5 Å². The molecular formula is C12H15NO2. The summed E-state index contributed by atoms with van der Waals surface area (Å²) in [6.45, 7) is 3.62. The third-order valence-electron chi connectivity index (χ3n) is 2.11. The largest absolute Gasteiger partial charge is 0.457 e. The van der Waals surface area contributed by atoms with Crippen LogP contribution in [0.2, 0.25) is 0 Å². The first kappa shape index (κ1) is 11.3. The lowest BCUT2D eigenvalue weighted by Gasteiger charge is -2.05. The molecule has 0 fully saturated rings. The van der Waals surface area contributed by atoms with Crippen LogP contribution in [0.5, 0.6) is 0 Å². The summed E-state index contributed by atoms with van der Waals surface area (Å²) in [6, 6.07) is 9.53. The molecule has 0 aromatic heterocycles. The number of nitrogens with two attached hydrogens (primary N) is 1. The highest BCUT2D eigenvalue weighted by Gasteiger charge is 2.07. The fourth-order valence-electron chi connectivity index (χ4n) is 0.992. The molecule has 0 spiro atoms. The topological polar surface area (TPSA) is 52.3 Å². The second-order valence-electron chi connectivity index (χ2n) is 3.37. The number of ether oxygens (including phenoxy) is 1. The van der Waals surface area contributed by atoms with Crippen LogP contribution < -0.4 is 5.73 Å². The molecule has 0 saturated carbocycles. The van der Waals surface area contributed by atoms with Crippen molar-refractivity contribution in [2.24, 2.45) is 5.73 Å². The fraction of sp³-hybridized carbons (Fsp3) is 0.250. The molecule has 2 N–H and O–H groups in total. The molecule has 15 heavy (non-hydrogen) atoms. The van der Waals surface area contributed by atoms with E-state index < -0.39 is 0 Å². The molecule has 1 aromatic carbocycles. The molecule has 0 bridgehead atoms. The van der Waals surface area contributed by atoms with Gasteiger partial charge in [0.15, 0.2) is 0 Å². The number of hydrogen-bond acceptors (Lipinski definition) is 3. The van der Waals surface area contributed by atoms with Gasteiger partial charge in [-0.25, -0.2) is 4.79 Å². The number of rotatable bonds is 3. The SMILES string of the molecule is CC(N)=C(C)C(=O)OCc1ccccc1. The Morgan fingerprint density at radius 2 is 1.87 bits per heavy atom. The zero-order chi connectivity index (χ0) is 11.3. The Kier molecular flexibility index (Phi) is 3.92. The van der Waals surface area contributed by atoms with Crippen LogP contribution in [0, 0.1) is 0 Å². The van der Waals surface area contributed by atoms with Gasteiger partial charge in [-0.05, 0) is 19.4 Å². The number of esters is 1. The summed E-state index contributed by atoms with van der Waals surface area (Å²) < 4.78 is 5.07. The lowest BCUT2D eigenvalue weighted by molar-refractivity contribution is -0.140. The maximum Gasteiger partial charge on any atom is 0.335 e. The molecule has 0 aliphatic rings. The molecule has 0 unspecified atom stereocenters. The molecule has 0 radical (unpaired) electrons. The molecule has 3 nitrogen and oxygen atoms in total. The Balaban J connectivity index is 2.52. The highest BCUT2D eigenvalue weighted by Crippen LogP contribution is 2.05. The highest BCUT2D eigenvalue weighted by atomic mass is 16.5. The average molecular weight is 205 g/mol. The van der Waals surface area contributed by atoms with Crippen molar-refractivity contribution in [3.8, 4) is 0 Å². The van der Waals surface area contributed by atoms with E-state index in [1.165, 1.54) is 0 Å². The van der Waals surface area contributed by atoms with Crippen LogP contribution in [-0.2, 0) is 16.1 Å². The van der Waals surface area contributed by atoms with Crippen LogP contribution in [0.15, 0.2) is 41.6 Å². The Labute approximate surface area is 89.5 Å². The zero-order valence-corrected chi connectivity index (χ0v) is 8.99. The van der Waals surface area contributed by atoms with Crippen LogP contribution in [0.4, 0.5) is 0 Å². The van der Waals surface area contributed by atoms with Crippen molar-refractivity contribution >= 4 is 5.97 Å². The monoisotopic (exact) mass is 205 g/mol. The Bertz CT molecular complexity index is 364. The Morgan fingerprint density at radius 3 is 2.40 bits per heavy atom. The van der Waals surface area contributed by atoms with Gasteiger partial charge in [0, 0.05) is 5.70 Å². The molecule has 1 aromatic rings. The van der Waals surface area contributed by atoms with Gasteiger partial charge in [0.2, 0.25) is 0 Å². The Hall–Kier alpha value is -1.77. The average Bonchev–Trinajstić information content (AvgIpc) is 2.26. The second kappa shape index (κ2) is 5.20. The van der Waals surface area contributed by atoms with E-state index in [-0.39, 0.29) is 12.6 Å². The van der Waals surface area contributed by atoms with E-state index in [2.05, 4.69) is 0 Å². The normalized spacial score (nSPS) is 11.9. The van der Waals surface area contributed by atoms with Crippen molar-refractivity contribution in [1.82, 2.24) is 0 Å². The van der Waals surface area contributed by atoms with Crippen molar-refractivity contribution in [1.29, 1.82) is 0 Å². The number of allylic oxidation sites excluding steroid dienone is 1. The summed E-state index contributed by atoms with van der Waals surface area (Å²) in [7, 11) is 0. The van der Waals surface area contributed by atoms with Gasteiger partial charge in [-0.3, -0.25) is 0 Å². The van der Waals surface area contributed by atoms with E-state index in [1.54, 1.807) is 13.8 Å². The van der Waals surface area contributed by atoms with Gasteiger partial charge >= 0.3 is 5.97 Å².